The second-order valence-electron chi connectivity index (χ2n) is 6.42. The van der Waals surface area contributed by atoms with Crippen LogP contribution in [0.3, 0.4) is 0 Å². The predicted molar refractivity (Wildman–Crippen MR) is 123 cm³/mol. The Morgan fingerprint density at radius 3 is 2.58 bits per heavy atom. The minimum absolute atomic E-state index is 0.0822. The van der Waals surface area contributed by atoms with E-state index < -0.39 is 4.92 Å². The number of methoxy groups -OCH3 is 1. The molecule has 3 aromatic rings. The Labute approximate surface area is 192 Å². The lowest BCUT2D eigenvalue weighted by Crippen LogP contribution is -1.98. The van der Waals surface area contributed by atoms with Gasteiger partial charge in [0.05, 0.1) is 23.7 Å². The highest BCUT2D eigenvalue weighted by atomic mass is 79.9. The molecular weight excluding hydrogens is 484 g/mol. The molecule has 0 aliphatic heterocycles. The highest BCUT2D eigenvalue weighted by Crippen LogP contribution is 2.36. The van der Waals surface area contributed by atoms with Gasteiger partial charge in [-0.3, -0.25) is 10.1 Å². The van der Waals surface area contributed by atoms with Gasteiger partial charge in [-0.2, -0.15) is 5.26 Å². The lowest BCUT2D eigenvalue weighted by molar-refractivity contribution is -0.384. The van der Waals surface area contributed by atoms with Gasteiger partial charge in [-0.25, -0.2) is 0 Å². The number of ether oxygens (including phenoxy) is 2. The average Bonchev–Trinajstić information content (AvgIpc) is 2.78. The molecule has 0 aliphatic carbocycles. The molecule has 0 atom stereocenters. The van der Waals surface area contributed by atoms with Gasteiger partial charge in [0.2, 0.25) is 0 Å². The zero-order valence-electron chi connectivity index (χ0n) is 16.3. The van der Waals surface area contributed by atoms with Gasteiger partial charge in [-0.15, -0.1) is 0 Å². The first kappa shape index (κ1) is 22.3. The summed E-state index contributed by atoms with van der Waals surface area (Å²) >= 11 is 9.41. The number of non-ortho nitro benzene ring substituents is 1. The Morgan fingerprint density at radius 2 is 1.94 bits per heavy atom. The number of halogens is 2. The van der Waals surface area contributed by atoms with Crippen molar-refractivity contribution < 1.29 is 14.4 Å². The molecule has 0 saturated carbocycles. The van der Waals surface area contributed by atoms with Gasteiger partial charge in [0.15, 0.2) is 11.5 Å². The Balaban J connectivity index is 1.91. The topological polar surface area (TPSA) is 85.4 Å². The molecule has 0 unspecified atom stereocenters. The maximum atomic E-state index is 11.0. The van der Waals surface area contributed by atoms with E-state index in [1.807, 2.05) is 12.1 Å². The molecule has 0 heterocycles. The third-order valence-electron chi connectivity index (χ3n) is 4.38. The zero-order valence-corrected chi connectivity index (χ0v) is 18.7. The van der Waals surface area contributed by atoms with Gasteiger partial charge >= 0.3 is 0 Å². The van der Waals surface area contributed by atoms with Crippen LogP contribution in [-0.2, 0) is 6.61 Å². The monoisotopic (exact) mass is 498 g/mol. The number of hydrogen-bond acceptors (Lipinski definition) is 5. The number of nitro benzene ring substituents is 1. The lowest BCUT2D eigenvalue weighted by Gasteiger charge is -2.13. The van der Waals surface area contributed by atoms with Gasteiger partial charge < -0.3 is 9.47 Å². The molecule has 3 rings (SSSR count). The second-order valence-corrected chi connectivity index (χ2v) is 7.71. The van der Waals surface area contributed by atoms with Crippen LogP contribution in [0.5, 0.6) is 11.5 Å². The van der Waals surface area contributed by atoms with Crippen molar-refractivity contribution in [2.45, 2.75) is 6.61 Å². The molecular formula is C23H16BrClN2O4. The summed E-state index contributed by atoms with van der Waals surface area (Å²) in [5.41, 5.74) is 2.26. The number of hydrogen-bond donors (Lipinski definition) is 0. The summed E-state index contributed by atoms with van der Waals surface area (Å²) in [7, 11) is 1.53. The fourth-order valence-electron chi connectivity index (χ4n) is 2.80. The van der Waals surface area contributed by atoms with Gasteiger partial charge in [-0.05, 0) is 47.0 Å². The van der Waals surface area contributed by atoms with Crippen molar-refractivity contribution >= 4 is 44.9 Å². The molecule has 0 aromatic heterocycles. The van der Waals surface area contributed by atoms with Crippen LogP contribution in [0.1, 0.15) is 16.7 Å². The smallest absolute Gasteiger partial charge is 0.270 e. The van der Waals surface area contributed by atoms with Crippen molar-refractivity contribution in [3.8, 4) is 17.6 Å². The van der Waals surface area contributed by atoms with E-state index in [9.17, 15) is 15.4 Å². The first-order chi connectivity index (χ1) is 14.9. The maximum absolute atomic E-state index is 11.0. The number of rotatable bonds is 7. The molecule has 0 bridgehead atoms. The van der Waals surface area contributed by atoms with Crippen molar-refractivity contribution in [1.82, 2.24) is 0 Å². The molecule has 0 radical (unpaired) electrons. The highest BCUT2D eigenvalue weighted by Gasteiger charge is 2.13. The summed E-state index contributed by atoms with van der Waals surface area (Å²) in [6.07, 6.45) is 1.63. The van der Waals surface area contributed by atoms with E-state index in [2.05, 4.69) is 22.0 Å². The molecule has 8 heteroatoms. The SMILES string of the molecule is COc1cc(C=C(C#N)c2cccc([N+](=O)[O-])c2)c(Br)cc1OCc1ccc(Cl)cc1. The van der Waals surface area contributed by atoms with Crippen molar-refractivity contribution in [3.05, 3.63) is 97.0 Å². The number of allylic oxidation sites excluding steroid dienone is 1. The fourth-order valence-corrected chi connectivity index (χ4v) is 3.36. The van der Waals surface area contributed by atoms with Crippen LogP contribution in [0.15, 0.2) is 65.1 Å². The normalized spacial score (nSPS) is 11.0. The Bertz CT molecular complexity index is 1190. The maximum Gasteiger partial charge on any atom is 0.270 e. The second kappa shape index (κ2) is 10.1. The summed E-state index contributed by atoms with van der Waals surface area (Å²) in [4.78, 5) is 10.5. The Hall–Kier alpha value is -3.34. The van der Waals surface area contributed by atoms with Gasteiger partial charge in [0.1, 0.15) is 6.61 Å². The average molecular weight is 500 g/mol. The van der Waals surface area contributed by atoms with E-state index in [1.54, 1.807) is 42.5 Å². The summed E-state index contributed by atoms with van der Waals surface area (Å²) in [5.74, 6) is 1.01. The van der Waals surface area contributed by atoms with Gasteiger partial charge in [0, 0.05) is 21.6 Å². The number of nitro groups is 1. The fraction of sp³-hybridized carbons (Fsp3) is 0.0870. The third-order valence-corrected chi connectivity index (χ3v) is 5.32. The van der Waals surface area contributed by atoms with E-state index in [1.165, 1.54) is 19.2 Å². The van der Waals surface area contributed by atoms with Crippen LogP contribution in [0.2, 0.25) is 5.02 Å². The lowest BCUT2D eigenvalue weighted by atomic mass is 10.0. The van der Waals surface area contributed by atoms with Crippen LogP contribution >= 0.6 is 27.5 Å². The molecule has 156 valence electrons. The highest BCUT2D eigenvalue weighted by molar-refractivity contribution is 9.10. The van der Waals surface area contributed by atoms with Gasteiger partial charge in [0.25, 0.3) is 5.69 Å². The summed E-state index contributed by atoms with van der Waals surface area (Å²) in [6.45, 7) is 0.326. The molecule has 0 saturated heterocycles. The van der Waals surface area contributed by atoms with E-state index in [0.717, 1.165) is 5.56 Å². The zero-order chi connectivity index (χ0) is 22.4. The number of nitriles is 1. The number of nitrogens with zero attached hydrogens (tertiary/aromatic N) is 2. The predicted octanol–water partition coefficient (Wildman–Crippen LogP) is 6.66. The van der Waals surface area contributed by atoms with E-state index in [4.69, 9.17) is 21.1 Å². The molecule has 0 N–H and O–H groups in total. The van der Waals surface area contributed by atoms with Crippen molar-refractivity contribution in [2.24, 2.45) is 0 Å². The largest absolute Gasteiger partial charge is 0.493 e. The van der Waals surface area contributed by atoms with Crippen molar-refractivity contribution in [2.75, 3.05) is 7.11 Å². The molecule has 0 spiro atoms. The van der Waals surface area contributed by atoms with Crippen LogP contribution in [0.4, 0.5) is 5.69 Å². The quantitative estimate of drug-likeness (QED) is 0.157. The van der Waals surface area contributed by atoms with Crippen molar-refractivity contribution in [1.29, 1.82) is 5.26 Å². The van der Waals surface area contributed by atoms with E-state index in [0.29, 0.717) is 38.7 Å². The first-order valence-corrected chi connectivity index (χ1v) is 10.2. The molecule has 0 aliphatic rings. The Morgan fingerprint density at radius 1 is 1.19 bits per heavy atom. The van der Waals surface area contributed by atoms with E-state index in [-0.39, 0.29) is 11.3 Å². The summed E-state index contributed by atoms with van der Waals surface area (Å²) < 4.78 is 12.0. The standard InChI is InChI=1S/C23H16BrClN2O4/c1-30-22-11-17(9-18(13-26)16-3-2-4-20(10-16)27(28)29)21(24)12-23(22)31-14-15-5-7-19(25)8-6-15/h2-12H,14H2,1H3. The minimum Gasteiger partial charge on any atom is -0.493 e. The molecule has 0 amide bonds. The Kier molecular flexibility index (Phi) is 7.29. The third kappa shape index (κ3) is 5.63. The van der Waals surface area contributed by atoms with Crippen LogP contribution in [0, 0.1) is 21.4 Å². The van der Waals surface area contributed by atoms with Crippen LogP contribution < -0.4 is 9.47 Å². The van der Waals surface area contributed by atoms with E-state index >= 15 is 0 Å². The van der Waals surface area contributed by atoms with Crippen molar-refractivity contribution in [3.63, 3.8) is 0 Å². The molecule has 3 aromatic carbocycles. The number of benzene rings is 3. The molecule has 31 heavy (non-hydrogen) atoms. The summed E-state index contributed by atoms with van der Waals surface area (Å²) in [6, 6.07) is 18.8. The molecule has 0 fully saturated rings. The van der Waals surface area contributed by atoms with Gasteiger partial charge in [-0.1, -0.05) is 51.8 Å². The minimum atomic E-state index is -0.496. The van der Waals surface area contributed by atoms with Crippen LogP contribution in [-0.4, -0.2) is 12.0 Å². The van der Waals surface area contributed by atoms with Crippen LogP contribution in [0.25, 0.3) is 11.6 Å². The first-order valence-electron chi connectivity index (χ1n) is 9.02. The molecule has 6 nitrogen and oxygen atoms in total. The summed E-state index contributed by atoms with van der Waals surface area (Å²) in [5, 5.41) is 21.3.